The molecule has 1 saturated heterocycles. The lowest BCUT2D eigenvalue weighted by atomic mass is 10.1. The Morgan fingerprint density at radius 2 is 1.90 bits per heavy atom. The van der Waals surface area contributed by atoms with Crippen LogP contribution in [-0.4, -0.2) is 37.3 Å². The van der Waals surface area contributed by atoms with Crippen LogP contribution in [0.3, 0.4) is 0 Å². The van der Waals surface area contributed by atoms with E-state index in [0.29, 0.717) is 17.1 Å². The molecule has 4 rings (SSSR count). The SMILES string of the molecule is COc1cc(N2CCCC2)c(OC)cc1C=C(C#N)c1nc2ccc(C)cc2[nH]1. The Hall–Kier alpha value is -3.46. The van der Waals surface area contributed by atoms with E-state index in [-0.39, 0.29) is 0 Å². The van der Waals surface area contributed by atoms with Crippen molar-refractivity contribution in [3.05, 3.63) is 47.3 Å². The van der Waals surface area contributed by atoms with Crippen molar-refractivity contribution in [1.29, 1.82) is 5.26 Å². The highest BCUT2D eigenvalue weighted by molar-refractivity contribution is 5.92. The Morgan fingerprint density at radius 1 is 1.14 bits per heavy atom. The first kappa shape index (κ1) is 18.9. The predicted octanol–water partition coefficient (Wildman–Crippen LogP) is 4.55. The number of nitrogens with zero attached hydrogens (tertiary/aromatic N) is 3. The summed E-state index contributed by atoms with van der Waals surface area (Å²) in [4.78, 5) is 10.1. The summed E-state index contributed by atoms with van der Waals surface area (Å²) in [5.41, 5.74) is 5.13. The first-order valence-electron chi connectivity index (χ1n) is 9.72. The van der Waals surface area contributed by atoms with Crippen LogP contribution in [0.4, 0.5) is 5.69 Å². The van der Waals surface area contributed by atoms with E-state index in [1.807, 2.05) is 37.3 Å². The fourth-order valence-corrected chi connectivity index (χ4v) is 3.78. The molecule has 2 heterocycles. The van der Waals surface area contributed by atoms with Crippen molar-refractivity contribution in [2.24, 2.45) is 0 Å². The van der Waals surface area contributed by atoms with Gasteiger partial charge in [0.25, 0.3) is 0 Å². The Bertz CT molecular complexity index is 1120. The zero-order chi connectivity index (χ0) is 20.4. The minimum Gasteiger partial charge on any atom is -0.496 e. The summed E-state index contributed by atoms with van der Waals surface area (Å²) in [6.45, 7) is 4.05. The van der Waals surface area contributed by atoms with Gasteiger partial charge in [0.1, 0.15) is 23.4 Å². The van der Waals surface area contributed by atoms with Crippen molar-refractivity contribution in [2.45, 2.75) is 19.8 Å². The molecule has 0 aliphatic carbocycles. The Kier molecular flexibility index (Phi) is 5.13. The van der Waals surface area contributed by atoms with Gasteiger partial charge < -0.3 is 19.4 Å². The number of H-pyrrole nitrogens is 1. The smallest absolute Gasteiger partial charge is 0.149 e. The number of fused-ring (bicyclic) bond motifs is 1. The van der Waals surface area contributed by atoms with Crippen molar-refractivity contribution >= 4 is 28.4 Å². The zero-order valence-corrected chi connectivity index (χ0v) is 17.0. The van der Waals surface area contributed by atoms with Gasteiger partial charge in [0.05, 0.1) is 36.5 Å². The van der Waals surface area contributed by atoms with Gasteiger partial charge in [-0.25, -0.2) is 4.98 Å². The van der Waals surface area contributed by atoms with E-state index in [2.05, 4.69) is 20.9 Å². The fourth-order valence-electron chi connectivity index (χ4n) is 3.78. The number of benzene rings is 2. The largest absolute Gasteiger partial charge is 0.496 e. The maximum absolute atomic E-state index is 9.78. The van der Waals surface area contributed by atoms with Crippen molar-refractivity contribution in [3.63, 3.8) is 0 Å². The van der Waals surface area contributed by atoms with Crippen LogP contribution >= 0.6 is 0 Å². The maximum Gasteiger partial charge on any atom is 0.149 e. The summed E-state index contributed by atoms with van der Waals surface area (Å²) in [5, 5.41) is 9.78. The van der Waals surface area contributed by atoms with Crippen LogP contribution in [0.25, 0.3) is 22.7 Å². The number of hydrogen-bond acceptors (Lipinski definition) is 5. The van der Waals surface area contributed by atoms with Gasteiger partial charge in [-0.15, -0.1) is 0 Å². The van der Waals surface area contributed by atoms with Crippen LogP contribution < -0.4 is 14.4 Å². The van der Waals surface area contributed by atoms with Crippen molar-refractivity contribution < 1.29 is 9.47 Å². The minimum atomic E-state index is 0.438. The second-order valence-electron chi connectivity index (χ2n) is 7.24. The molecule has 6 nitrogen and oxygen atoms in total. The average Bonchev–Trinajstić information content (AvgIpc) is 3.41. The summed E-state index contributed by atoms with van der Waals surface area (Å²) in [6.07, 6.45) is 4.15. The third-order valence-corrected chi connectivity index (χ3v) is 5.29. The number of imidazole rings is 1. The summed E-state index contributed by atoms with van der Waals surface area (Å²) >= 11 is 0. The van der Waals surface area contributed by atoms with Gasteiger partial charge >= 0.3 is 0 Å². The lowest BCUT2D eigenvalue weighted by molar-refractivity contribution is 0.402. The summed E-state index contributed by atoms with van der Waals surface area (Å²) in [6, 6.07) is 12.2. The minimum absolute atomic E-state index is 0.438. The first-order valence-corrected chi connectivity index (χ1v) is 9.72. The molecule has 2 aromatic carbocycles. The lowest BCUT2D eigenvalue weighted by Gasteiger charge is -2.22. The highest BCUT2D eigenvalue weighted by Crippen LogP contribution is 2.38. The molecule has 1 aromatic heterocycles. The number of aryl methyl sites for hydroxylation is 1. The molecule has 0 amide bonds. The molecule has 0 saturated carbocycles. The normalized spacial score (nSPS) is 14.3. The van der Waals surface area contributed by atoms with Crippen LogP contribution in [0.1, 0.15) is 29.8 Å². The van der Waals surface area contributed by atoms with Crippen LogP contribution in [0, 0.1) is 18.3 Å². The monoisotopic (exact) mass is 388 g/mol. The van der Waals surface area contributed by atoms with Crippen molar-refractivity contribution in [3.8, 4) is 17.6 Å². The van der Waals surface area contributed by atoms with Gasteiger partial charge in [-0.1, -0.05) is 6.07 Å². The van der Waals surface area contributed by atoms with Gasteiger partial charge in [0, 0.05) is 24.7 Å². The second-order valence-corrected chi connectivity index (χ2v) is 7.24. The molecular formula is C23H24N4O2. The number of methoxy groups -OCH3 is 2. The molecule has 1 fully saturated rings. The standard InChI is InChI=1S/C23H24N4O2/c1-15-6-7-18-19(10-15)26-23(25-18)17(14-24)11-16-12-22(29-3)20(13-21(16)28-2)27-8-4-5-9-27/h6-7,10-13H,4-5,8-9H2,1-3H3,(H,25,26). The Morgan fingerprint density at radius 3 is 2.59 bits per heavy atom. The van der Waals surface area contributed by atoms with Gasteiger partial charge in [0.2, 0.25) is 0 Å². The number of rotatable bonds is 5. The maximum atomic E-state index is 9.78. The lowest BCUT2D eigenvalue weighted by Crippen LogP contribution is -2.18. The molecule has 3 aromatic rings. The van der Waals surface area contributed by atoms with E-state index in [4.69, 9.17) is 9.47 Å². The molecule has 0 bridgehead atoms. The second kappa shape index (κ2) is 7.88. The summed E-state index contributed by atoms with van der Waals surface area (Å²) in [5.74, 6) is 2.02. The molecule has 0 unspecified atom stereocenters. The van der Waals surface area contributed by atoms with E-state index < -0.39 is 0 Å². The third kappa shape index (κ3) is 3.64. The third-order valence-electron chi connectivity index (χ3n) is 5.29. The van der Waals surface area contributed by atoms with Crippen molar-refractivity contribution in [2.75, 3.05) is 32.2 Å². The molecule has 6 heteroatoms. The summed E-state index contributed by atoms with van der Waals surface area (Å²) < 4.78 is 11.3. The zero-order valence-electron chi connectivity index (χ0n) is 17.0. The number of ether oxygens (including phenoxy) is 2. The molecule has 1 aliphatic heterocycles. The van der Waals surface area contributed by atoms with Gasteiger partial charge in [-0.3, -0.25) is 0 Å². The van der Waals surface area contributed by atoms with E-state index in [0.717, 1.165) is 46.7 Å². The van der Waals surface area contributed by atoms with Crippen LogP contribution in [0.5, 0.6) is 11.5 Å². The molecule has 0 atom stereocenters. The van der Waals surface area contributed by atoms with E-state index >= 15 is 0 Å². The van der Waals surface area contributed by atoms with E-state index in [9.17, 15) is 5.26 Å². The Balaban J connectivity index is 1.78. The summed E-state index contributed by atoms with van der Waals surface area (Å²) in [7, 11) is 3.31. The average molecular weight is 388 g/mol. The van der Waals surface area contributed by atoms with Crippen LogP contribution in [-0.2, 0) is 0 Å². The fraction of sp³-hybridized carbons (Fsp3) is 0.304. The molecule has 1 N–H and O–H groups in total. The topological polar surface area (TPSA) is 74.2 Å². The number of nitrogens with one attached hydrogen (secondary N) is 1. The molecule has 0 radical (unpaired) electrons. The number of allylic oxidation sites excluding steroid dienone is 1. The number of aromatic amines is 1. The number of nitriles is 1. The van der Waals surface area contributed by atoms with E-state index in [1.165, 1.54) is 12.8 Å². The van der Waals surface area contributed by atoms with Gasteiger partial charge in [0.15, 0.2) is 0 Å². The molecular weight excluding hydrogens is 364 g/mol. The van der Waals surface area contributed by atoms with Gasteiger partial charge in [-0.2, -0.15) is 5.26 Å². The first-order chi connectivity index (χ1) is 14.1. The molecule has 29 heavy (non-hydrogen) atoms. The predicted molar refractivity (Wildman–Crippen MR) is 115 cm³/mol. The quantitative estimate of drug-likeness (QED) is 0.649. The van der Waals surface area contributed by atoms with Crippen LogP contribution in [0.2, 0.25) is 0 Å². The number of aromatic nitrogens is 2. The number of hydrogen-bond donors (Lipinski definition) is 1. The van der Waals surface area contributed by atoms with Gasteiger partial charge in [-0.05, 0) is 49.6 Å². The molecule has 148 valence electrons. The van der Waals surface area contributed by atoms with Crippen LogP contribution in [0.15, 0.2) is 30.3 Å². The number of anilines is 1. The Labute approximate surface area is 170 Å². The molecule has 0 spiro atoms. The molecule has 1 aliphatic rings. The highest BCUT2D eigenvalue weighted by Gasteiger charge is 2.20. The highest BCUT2D eigenvalue weighted by atomic mass is 16.5. The van der Waals surface area contributed by atoms with E-state index in [1.54, 1.807) is 20.3 Å². The van der Waals surface area contributed by atoms with Crippen molar-refractivity contribution in [1.82, 2.24) is 9.97 Å².